The molecule has 0 unspecified atom stereocenters. The summed E-state index contributed by atoms with van der Waals surface area (Å²) >= 11 is 0. The molecule has 0 N–H and O–H groups in total. The second kappa shape index (κ2) is 17.9. The summed E-state index contributed by atoms with van der Waals surface area (Å²) in [5, 5.41) is 5.14. The van der Waals surface area contributed by atoms with E-state index in [9.17, 15) is 0 Å². The predicted octanol–water partition coefficient (Wildman–Crippen LogP) is 13.9. The fourth-order valence-corrected chi connectivity index (χ4v) is 7.01. The van der Waals surface area contributed by atoms with Crippen molar-refractivity contribution >= 4 is 21.5 Å². The maximum absolute atomic E-state index is 4.59. The van der Waals surface area contributed by atoms with Crippen LogP contribution in [0.2, 0.25) is 0 Å². The molecule has 262 valence electrons. The van der Waals surface area contributed by atoms with Gasteiger partial charge in [0, 0.05) is 23.8 Å². The van der Waals surface area contributed by atoms with Gasteiger partial charge in [0.2, 0.25) is 0 Å². The molecule has 0 aliphatic carbocycles. The number of unbranched alkanes of at least 4 members (excludes halogenated alkanes) is 2. The fourth-order valence-electron chi connectivity index (χ4n) is 7.01. The van der Waals surface area contributed by atoms with Crippen molar-refractivity contribution in [3.8, 4) is 44.8 Å². The molecule has 8 rings (SSSR count). The zero-order chi connectivity index (χ0) is 35.9. The Balaban J connectivity index is 0.000000178. The Morgan fingerprint density at radius 1 is 0.491 bits per heavy atom. The van der Waals surface area contributed by atoms with Crippen LogP contribution in [0.15, 0.2) is 146 Å². The fraction of sp³-hybridized carbons (Fsp3) is 0.200. The van der Waals surface area contributed by atoms with E-state index in [2.05, 4.69) is 171 Å². The average molecular weight is 768 g/mol. The maximum Gasteiger partial charge on any atom is 2.00 e. The second-order valence-corrected chi connectivity index (χ2v) is 14.1. The van der Waals surface area contributed by atoms with Crippen molar-refractivity contribution in [2.24, 2.45) is 0 Å². The molecule has 8 aromatic rings. The zero-order valence-electron chi connectivity index (χ0n) is 31.5. The van der Waals surface area contributed by atoms with Crippen LogP contribution in [0, 0.1) is 13.8 Å². The summed E-state index contributed by atoms with van der Waals surface area (Å²) in [5.41, 5.74) is 14.8. The van der Waals surface area contributed by atoms with Crippen molar-refractivity contribution < 1.29 is 26.2 Å². The molecular formula is C50H48N2Zr. The van der Waals surface area contributed by atoms with Crippen LogP contribution in [0.25, 0.3) is 66.3 Å². The molecule has 2 aromatic heterocycles. The Kier molecular flexibility index (Phi) is 12.8. The number of rotatable bonds is 10. The van der Waals surface area contributed by atoms with Crippen LogP contribution in [0.4, 0.5) is 0 Å². The third-order valence-corrected chi connectivity index (χ3v) is 10.1. The van der Waals surface area contributed by atoms with Crippen LogP contribution in [0.1, 0.15) is 61.8 Å². The number of nitrogens with zero attached hydrogens (tertiary/aromatic N) is 2. The van der Waals surface area contributed by atoms with Crippen LogP contribution in [0.5, 0.6) is 0 Å². The first kappa shape index (κ1) is 38.0. The third kappa shape index (κ3) is 9.09. The Hall–Kier alpha value is -4.72. The number of benzene rings is 4. The van der Waals surface area contributed by atoms with Crippen molar-refractivity contribution in [1.29, 1.82) is 0 Å². The van der Waals surface area contributed by atoms with Crippen LogP contribution in [-0.4, -0.2) is 9.97 Å². The van der Waals surface area contributed by atoms with Crippen LogP contribution in [-0.2, 0) is 39.0 Å². The Bertz CT molecular complexity index is 2190. The van der Waals surface area contributed by atoms with E-state index in [1.165, 1.54) is 116 Å². The molecular weight excluding hydrogens is 720 g/mol. The van der Waals surface area contributed by atoms with Crippen molar-refractivity contribution in [3.63, 3.8) is 0 Å². The standard InChI is InChI=1S/2C25H24N.Zr/c2*1-3-4-6-19-10-12-20(13-11-19)23-8-5-7-21-15-22(16-24(21)23)25-14-9-18(2)17-26-25;/h2*5,7-17H,3-4,6H2,1-2H3;/q2*-1;+2. The number of aromatic nitrogens is 2. The molecule has 2 nitrogen and oxygen atoms in total. The molecule has 0 aliphatic heterocycles. The van der Waals surface area contributed by atoms with Gasteiger partial charge in [-0.25, -0.2) is 0 Å². The molecule has 0 saturated carbocycles. The number of pyridine rings is 2. The van der Waals surface area contributed by atoms with Gasteiger partial charge in [-0.2, -0.15) is 0 Å². The first-order valence-electron chi connectivity index (χ1n) is 18.9. The first-order valence-corrected chi connectivity index (χ1v) is 18.9. The molecule has 0 aliphatic rings. The SMILES string of the molecule is CCCCc1ccc(-c2cccc3[cH-]c(-c4ccc(C)cn4)cc23)cc1.CCCCc1ccc(-c2cccc3[cH-]c(-c4ccc(C)cn4)cc23)cc1.[Zr+2]. The predicted molar refractivity (Wildman–Crippen MR) is 223 cm³/mol. The van der Waals surface area contributed by atoms with Gasteiger partial charge in [-0.05, 0) is 72.9 Å². The van der Waals surface area contributed by atoms with E-state index >= 15 is 0 Å². The first-order chi connectivity index (χ1) is 25.5. The van der Waals surface area contributed by atoms with Gasteiger partial charge in [-0.15, -0.1) is 69.1 Å². The summed E-state index contributed by atoms with van der Waals surface area (Å²) in [7, 11) is 0. The van der Waals surface area contributed by atoms with Gasteiger partial charge in [0.25, 0.3) is 0 Å². The summed E-state index contributed by atoms with van der Waals surface area (Å²) in [6.45, 7) is 8.62. The van der Waals surface area contributed by atoms with E-state index in [1.807, 2.05) is 12.4 Å². The number of hydrogen-bond acceptors (Lipinski definition) is 2. The van der Waals surface area contributed by atoms with E-state index in [4.69, 9.17) is 0 Å². The Morgan fingerprint density at radius 3 is 1.26 bits per heavy atom. The smallest absolute Gasteiger partial charge is 0.295 e. The average Bonchev–Trinajstić information content (AvgIpc) is 3.83. The van der Waals surface area contributed by atoms with Crippen molar-refractivity contribution in [1.82, 2.24) is 9.97 Å². The summed E-state index contributed by atoms with van der Waals surface area (Å²) in [6, 6.07) is 48.7. The van der Waals surface area contributed by atoms with E-state index in [-0.39, 0.29) is 26.2 Å². The molecule has 2 heterocycles. The van der Waals surface area contributed by atoms with Crippen molar-refractivity contribution in [2.75, 3.05) is 0 Å². The van der Waals surface area contributed by atoms with E-state index in [0.29, 0.717) is 0 Å². The minimum absolute atomic E-state index is 0. The van der Waals surface area contributed by atoms with E-state index in [0.717, 1.165) is 11.4 Å². The number of fused-ring (bicyclic) bond motifs is 2. The number of aryl methyl sites for hydroxylation is 4. The molecule has 53 heavy (non-hydrogen) atoms. The van der Waals surface area contributed by atoms with Gasteiger partial charge in [-0.3, -0.25) is 9.97 Å². The molecule has 0 amide bonds. The minimum Gasteiger partial charge on any atom is -0.295 e. The quantitative estimate of drug-likeness (QED) is 0.130. The largest absolute Gasteiger partial charge is 2.00 e. The zero-order valence-corrected chi connectivity index (χ0v) is 34.0. The molecule has 0 saturated heterocycles. The Labute approximate surface area is 334 Å². The molecule has 3 heteroatoms. The summed E-state index contributed by atoms with van der Waals surface area (Å²) in [4.78, 5) is 9.17. The van der Waals surface area contributed by atoms with Crippen LogP contribution in [0.3, 0.4) is 0 Å². The topological polar surface area (TPSA) is 25.8 Å². The van der Waals surface area contributed by atoms with Gasteiger partial charge in [0.05, 0.1) is 0 Å². The monoisotopic (exact) mass is 766 g/mol. The Morgan fingerprint density at radius 2 is 0.906 bits per heavy atom. The van der Waals surface area contributed by atoms with Gasteiger partial charge < -0.3 is 0 Å². The van der Waals surface area contributed by atoms with Crippen LogP contribution < -0.4 is 0 Å². The van der Waals surface area contributed by atoms with Gasteiger partial charge in [0.1, 0.15) is 0 Å². The molecule has 0 bridgehead atoms. The summed E-state index contributed by atoms with van der Waals surface area (Å²) < 4.78 is 0. The third-order valence-electron chi connectivity index (χ3n) is 10.1. The molecule has 0 atom stereocenters. The van der Waals surface area contributed by atoms with Gasteiger partial charge >= 0.3 is 26.2 Å². The van der Waals surface area contributed by atoms with Crippen LogP contribution >= 0.6 is 0 Å². The molecule has 6 aromatic carbocycles. The molecule has 0 radical (unpaired) electrons. The minimum atomic E-state index is 0. The van der Waals surface area contributed by atoms with E-state index in [1.54, 1.807) is 0 Å². The van der Waals surface area contributed by atoms with Gasteiger partial charge in [0.15, 0.2) is 0 Å². The van der Waals surface area contributed by atoms with Gasteiger partial charge in [-0.1, -0.05) is 135 Å². The molecule has 0 fully saturated rings. The van der Waals surface area contributed by atoms with Crippen molar-refractivity contribution in [2.45, 2.75) is 66.2 Å². The summed E-state index contributed by atoms with van der Waals surface area (Å²) in [5.74, 6) is 0. The second-order valence-electron chi connectivity index (χ2n) is 14.1. The maximum atomic E-state index is 4.59. The molecule has 0 spiro atoms. The summed E-state index contributed by atoms with van der Waals surface area (Å²) in [6.07, 6.45) is 11.2. The number of hydrogen-bond donors (Lipinski definition) is 0. The van der Waals surface area contributed by atoms with Crippen molar-refractivity contribution in [3.05, 3.63) is 168 Å². The normalized spacial score (nSPS) is 10.9. The van der Waals surface area contributed by atoms with E-state index < -0.39 is 0 Å².